The van der Waals surface area contributed by atoms with Crippen molar-refractivity contribution in [3.05, 3.63) is 59.7 Å². The van der Waals surface area contributed by atoms with Crippen molar-refractivity contribution in [2.75, 3.05) is 33.9 Å². The van der Waals surface area contributed by atoms with Crippen molar-refractivity contribution >= 4 is 12.0 Å². The molecule has 1 heterocycles. The fourth-order valence-electron chi connectivity index (χ4n) is 4.05. The molecule has 2 aromatic carbocycles. The van der Waals surface area contributed by atoms with Crippen molar-refractivity contribution in [3.8, 4) is 11.1 Å². The number of benzene rings is 2. The van der Waals surface area contributed by atoms with Gasteiger partial charge in [-0.3, -0.25) is 4.79 Å². The van der Waals surface area contributed by atoms with Gasteiger partial charge in [-0.05, 0) is 29.7 Å². The smallest absolute Gasteiger partial charge is 0.409 e. The van der Waals surface area contributed by atoms with E-state index in [-0.39, 0.29) is 30.6 Å². The van der Waals surface area contributed by atoms with Crippen LogP contribution in [0.25, 0.3) is 11.1 Å². The molecular weight excluding hydrogens is 408 g/mol. The number of nitrogens with zero attached hydrogens (tertiary/aromatic N) is 2. The third kappa shape index (κ3) is 5.11. The maximum Gasteiger partial charge on any atom is 0.409 e. The minimum absolute atomic E-state index is 0.0996. The van der Waals surface area contributed by atoms with Crippen LogP contribution in [0.4, 0.5) is 4.79 Å². The highest BCUT2D eigenvalue weighted by Gasteiger charge is 2.31. The van der Waals surface area contributed by atoms with Gasteiger partial charge in [0.05, 0.1) is 39.0 Å². The molecular formula is C25H32N2O5. The average molecular weight is 441 g/mol. The molecule has 1 aliphatic rings. The number of ether oxygens (including phenoxy) is 2. The largest absolute Gasteiger partial charge is 0.453 e. The number of rotatable bonds is 4. The van der Waals surface area contributed by atoms with E-state index in [0.717, 1.165) is 16.7 Å². The van der Waals surface area contributed by atoms with Gasteiger partial charge < -0.3 is 24.4 Å². The Kier molecular flexibility index (Phi) is 7.88. The van der Waals surface area contributed by atoms with E-state index in [4.69, 9.17) is 9.47 Å². The molecule has 3 rings (SSSR count). The van der Waals surface area contributed by atoms with Gasteiger partial charge in [0.15, 0.2) is 0 Å². The average Bonchev–Trinajstić information content (AvgIpc) is 2.84. The molecule has 2 amide bonds. The molecule has 0 bridgehead atoms. The van der Waals surface area contributed by atoms with Crippen LogP contribution in [0, 0.1) is 5.92 Å². The molecule has 0 saturated heterocycles. The number of carbonyl (C=O) groups excluding carboxylic acids is 2. The SMILES string of the molecule is COC(=O)N(C)C[C@@H]1OCc2ccccc2-c2ccccc2C(=O)N([C@H](C)CO)C[C@@H]1C. The first-order chi connectivity index (χ1) is 15.4. The van der Waals surface area contributed by atoms with Crippen molar-refractivity contribution in [3.63, 3.8) is 0 Å². The standard InChI is InChI=1S/C25H32N2O5/c1-17-13-27(18(2)15-28)24(29)22-12-8-7-11-21(22)20-10-6-5-9-19(20)16-32-23(17)14-26(3)25(30)31-4/h5-12,17-18,23,28H,13-16H2,1-4H3/t17-,18+,23-/m0/s1. The Labute approximate surface area is 189 Å². The first-order valence-corrected chi connectivity index (χ1v) is 10.9. The minimum Gasteiger partial charge on any atom is -0.453 e. The third-order valence-corrected chi connectivity index (χ3v) is 6.03. The zero-order valence-electron chi connectivity index (χ0n) is 19.2. The molecule has 0 spiro atoms. The number of aliphatic hydroxyl groups is 1. The number of likely N-dealkylation sites (N-methyl/N-ethyl adjacent to an activating group) is 1. The van der Waals surface area contributed by atoms with E-state index in [1.165, 1.54) is 12.0 Å². The number of hydrogen-bond donors (Lipinski definition) is 1. The van der Waals surface area contributed by atoms with Crippen LogP contribution in [0.15, 0.2) is 48.5 Å². The number of methoxy groups -OCH3 is 1. The zero-order chi connectivity index (χ0) is 23.3. The molecule has 0 aromatic heterocycles. The number of carbonyl (C=O) groups is 2. The Morgan fingerprint density at radius 2 is 1.81 bits per heavy atom. The van der Waals surface area contributed by atoms with E-state index in [0.29, 0.717) is 25.3 Å². The molecule has 1 N–H and O–H groups in total. The van der Waals surface area contributed by atoms with E-state index in [2.05, 4.69) is 0 Å². The fourth-order valence-corrected chi connectivity index (χ4v) is 4.05. The second-order valence-electron chi connectivity index (χ2n) is 8.37. The number of fused-ring (bicyclic) bond motifs is 3. The van der Waals surface area contributed by atoms with Crippen LogP contribution in [0.2, 0.25) is 0 Å². The van der Waals surface area contributed by atoms with Crippen LogP contribution < -0.4 is 0 Å². The zero-order valence-corrected chi connectivity index (χ0v) is 19.2. The normalized spacial score (nSPS) is 19.9. The quantitative estimate of drug-likeness (QED) is 0.788. The second-order valence-corrected chi connectivity index (χ2v) is 8.37. The van der Waals surface area contributed by atoms with E-state index in [9.17, 15) is 14.7 Å². The fraction of sp³-hybridized carbons (Fsp3) is 0.440. The summed E-state index contributed by atoms with van der Waals surface area (Å²) in [5, 5.41) is 9.86. The molecule has 0 fully saturated rings. The van der Waals surface area contributed by atoms with Crippen LogP contribution in [-0.2, 0) is 16.1 Å². The molecule has 0 saturated carbocycles. The molecule has 0 aliphatic carbocycles. The maximum absolute atomic E-state index is 13.7. The number of hydrogen-bond acceptors (Lipinski definition) is 5. The van der Waals surface area contributed by atoms with Gasteiger partial charge in [-0.25, -0.2) is 4.79 Å². The van der Waals surface area contributed by atoms with Crippen molar-refractivity contribution in [1.29, 1.82) is 0 Å². The van der Waals surface area contributed by atoms with E-state index >= 15 is 0 Å². The molecule has 172 valence electrons. The van der Waals surface area contributed by atoms with Gasteiger partial charge in [0, 0.05) is 25.1 Å². The van der Waals surface area contributed by atoms with E-state index in [1.807, 2.05) is 62.4 Å². The molecule has 7 heteroatoms. The Morgan fingerprint density at radius 1 is 1.19 bits per heavy atom. The summed E-state index contributed by atoms with van der Waals surface area (Å²) in [7, 11) is 3.01. The molecule has 2 aromatic rings. The van der Waals surface area contributed by atoms with Gasteiger partial charge in [0.1, 0.15) is 0 Å². The van der Waals surface area contributed by atoms with Gasteiger partial charge in [-0.15, -0.1) is 0 Å². The molecule has 3 atom stereocenters. The lowest BCUT2D eigenvalue weighted by Crippen LogP contribution is -2.47. The third-order valence-electron chi connectivity index (χ3n) is 6.03. The molecule has 1 aliphatic heterocycles. The number of aliphatic hydroxyl groups excluding tert-OH is 1. The predicted octanol–water partition coefficient (Wildman–Crippen LogP) is 3.41. The van der Waals surface area contributed by atoms with Crippen LogP contribution in [0.3, 0.4) is 0 Å². The lowest BCUT2D eigenvalue weighted by atomic mass is 9.94. The summed E-state index contributed by atoms with van der Waals surface area (Å²) in [6.45, 7) is 4.72. The Bertz CT molecular complexity index is 947. The maximum atomic E-state index is 13.7. The summed E-state index contributed by atoms with van der Waals surface area (Å²) in [6, 6.07) is 15.1. The lowest BCUT2D eigenvalue weighted by Gasteiger charge is -2.34. The predicted molar refractivity (Wildman–Crippen MR) is 122 cm³/mol. The lowest BCUT2D eigenvalue weighted by molar-refractivity contribution is -0.0219. The summed E-state index contributed by atoms with van der Waals surface area (Å²) >= 11 is 0. The van der Waals surface area contributed by atoms with E-state index in [1.54, 1.807) is 11.9 Å². The molecule has 0 unspecified atom stereocenters. The first-order valence-electron chi connectivity index (χ1n) is 10.9. The van der Waals surface area contributed by atoms with Crippen LogP contribution in [-0.4, -0.2) is 72.9 Å². The van der Waals surface area contributed by atoms with Crippen molar-refractivity contribution in [2.24, 2.45) is 5.92 Å². The molecule has 32 heavy (non-hydrogen) atoms. The van der Waals surface area contributed by atoms with Gasteiger partial charge in [0.25, 0.3) is 5.91 Å². The van der Waals surface area contributed by atoms with Crippen molar-refractivity contribution < 1.29 is 24.2 Å². The summed E-state index contributed by atoms with van der Waals surface area (Å²) < 4.78 is 11.2. The Balaban J connectivity index is 2.08. The summed E-state index contributed by atoms with van der Waals surface area (Å²) in [4.78, 5) is 28.9. The van der Waals surface area contributed by atoms with Gasteiger partial charge in [-0.1, -0.05) is 49.4 Å². The molecule has 7 nitrogen and oxygen atoms in total. The van der Waals surface area contributed by atoms with Crippen LogP contribution in [0.5, 0.6) is 0 Å². The monoisotopic (exact) mass is 440 g/mol. The van der Waals surface area contributed by atoms with Crippen LogP contribution >= 0.6 is 0 Å². The molecule has 0 radical (unpaired) electrons. The van der Waals surface area contributed by atoms with Gasteiger partial charge in [0.2, 0.25) is 0 Å². The van der Waals surface area contributed by atoms with E-state index < -0.39 is 6.09 Å². The Hall–Kier alpha value is -2.90. The summed E-state index contributed by atoms with van der Waals surface area (Å²) in [5.41, 5.74) is 3.33. The first kappa shape index (κ1) is 23.8. The van der Waals surface area contributed by atoms with Crippen molar-refractivity contribution in [2.45, 2.75) is 32.6 Å². The van der Waals surface area contributed by atoms with Crippen molar-refractivity contribution in [1.82, 2.24) is 9.80 Å². The second kappa shape index (κ2) is 10.6. The number of amides is 2. The highest BCUT2D eigenvalue weighted by Crippen LogP contribution is 2.31. The summed E-state index contributed by atoms with van der Waals surface area (Å²) in [5.74, 6) is -0.233. The Morgan fingerprint density at radius 3 is 2.47 bits per heavy atom. The van der Waals surface area contributed by atoms with Gasteiger partial charge >= 0.3 is 6.09 Å². The van der Waals surface area contributed by atoms with Gasteiger partial charge in [-0.2, -0.15) is 0 Å². The highest BCUT2D eigenvalue weighted by atomic mass is 16.5. The highest BCUT2D eigenvalue weighted by molar-refractivity contribution is 6.01. The van der Waals surface area contributed by atoms with Crippen LogP contribution in [0.1, 0.15) is 29.8 Å². The topological polar surface area (TPSA) is 79.3 Å². The minimum atomic E-state index is -0.445. The summed E-state index contributed by atoms with van der Waals surface area (Å²) in [6.07, 6.45) is -0.783.